The molecule has 6 rings (SSSR count). The van der Waals surface area contributed by atoms with E-state index >= 15 is 0 Å². The average molecular weight is 656 g/mol. The molecule has 256 valence electrons. The first kappa shape index (κ1) is 33.7. The number of nitrogens with one attached hydrogen (secondary N) is 2. The Balaban J connectivity index is 1.40. The molecule has 48 heavy (non-hydrogen) atoms. The average Bonchev–Trinajstić information content (AvgIpc) is 3.29. The van der Waals surface area contributed by atoms with Gasteiger partial charge in [-0.05, 0) is 73.6 Å². The quantitative estimate of drug-likeness (QED) is 0.377. The number of hydrogen-bond acceptors (Lipinski definition) is 7. The van der Waals surface area contributed by atoms with Crippen LogP contribution in [0.4, 0.5) is 0 Å². The van der Waals surface area contributed by atoms with Gasteiger partial charge in [0.25, 0.3) is 0 Å². The summed E-state index contributed by atoms with van der Waals surface area (Å²) < 4.78 is 1.68. The van der Waals surface area contributed by atoms with Crippen molar-refractivity contribution in [3.8, 4) is 11.1 Å². The van der Waals surface area contributed by atoms with Crippen molar-refractivity contribution in [2.75, 3.05) is 13.1 Å². The number of nitrogens with zero attached hydrogens (tertiary/aromatic N) is 5. The summed E-state index contributed by atoms with van der Waals surface area (Å²) >= 11 is 0. The molecule has 3 amide bonds. The van der Waals surface area contributed by atoms with Gasteiger partial charge in [-0.1, -0.05) is 40.5 Å². The molecule has 4 atom stereocenters. The van der Waals surface area contributed by atoms with Crippen molar-refractivity contribution in [2.24, 2.45) is 16.7 Å². The summed E-state index contributed by atoms with van der Waals surface area (Å²) in [5.41, 5.74) is 3.51. The highest BCUT2D eigenvalue weighted by atomic mass is 16.2. The second-order valence-electron chi connectivity index (χ2n) is 15.4. The monoisotopic (exact) mass is 655 g/mol. The molecule has 0 radical (unpaired) electrons. The highest BCUT2D eigenvalue weighted by molar-refractivity contribution is 6.07. The van der Waals surface area contributed by atoms with Gasteiger partial charge in [0.2, 0.25) is 17.7 Å². The van der Waals surface area contributed by atoms with Crippen molar-refractivity contribution in [3.05, 3.63) is 41.6 Å². The van der Waals surface area contributed by atoms with E-state index in [1.807, 2.05) is 13.0 Å². The molecule has 2 bridgehead atoms. The maximum atomic E-state index is 14.5. The highest BCUT2D eigenvalue weighted by Crippen LogP contribution is 2.64. The van der Waals surface area contributed by atoms with Crippen molar-refractivity contribution >= 4 is 34.4 Å². The summed E-state index contributed by atoms with van der Waals surface area (Å²) in [4.78, 5) is 64.6. The van der Waals surface area contributed by atoms with Crippen LogP contribution >= 0.6 is 0 Å². The minimum atomic E-state index is -0.642. The molecule has 3 aliphatic rings. The topological polar surface area (TPSA) is 139 Å². The van der Waals surface area contributed by atoms with Crippen molar-refractivity contribution < 1.29 is 19.2 Å². The molecule has 2 aliphatic heterocycles. The van der Waals surface area contributed by atoms with Gasteiger partial charge in [-0.25, -0.2) is 9.97 Å². The molecule has 3 aromatic rings. The number of rotatable bonds is 5. The van der Waals surface area contributed by atoms with Gasteiger partial charge in [-0.3, -0.25) is 23.9 Å². The Hall–Kier alpha value is -4.15. The Morgan fingerprint density at radius 1 is 1.04 bits per heavy atom. The van der Waals surface area contributed by atoms with E-state index in [0.717, 1.165) is 54.3 Å². The maximum absolute atomic E-state index is 14.5. The Labute approximate surface area is 282 Å². The highest BCUT2D eigenvalue weighted by Gasteiger charge is 2.72. The summed E-state index contributed by atoms with van der Waals surface area (Å²) in [5.74, 6) is 0.280. The predicted molar refractivity (Wildman–Crippen MR) is 183 cm³/mol. The predicted octanol–water partition coefficient (Wildman–Crippen LogP) is 4.79. The van der Waals surface area contributed by atoms with Gasteiger partial charge in [-0.15, -0.1) is 0 Å². The lowest BCUT2D eigenvalue weighted by molar-refractivity contribution is -0.140. The molecule has 2 aromatic heterocycles. The lowest BCUT2D eigenvalue weighted by Crippen LogP contribution is -2.50. The van der Waals surface area contributed by atoms with Gasteiger partial charge in [0.1, 0.15) is 24.1 Å². The van der Waals surface area contributed by atoms with Crippen LogP contribution in [-0.2, 0) is 27.3 Å². The van der Waals surface area contributed by atoms with E-state index in [1.165, 1.54) is 6.92 Å². The minimum Gasteiger partial charge on any atom is -0.355 e. The van der Waals surface area contributed by atoms with Crippen LogP contribution in [-0.4, -0.2) is 73.3 Å². The fraction of sp³-hybridized carbons (Fsp3) is 0.595. The van der Waals surface area contributed by atoms with Crippen LogP contribution in [0.15, 0.2) is 24.5 Å². The Morgan fingerprint density at radius 3 is 2.44 bits per heavy atom. The van der Waals surface area contributed by atoms with E-state index in [2.05, 4.69) is 54.4 Å². The first-order valence-electron chi connectivity index (χ1n) is 17.5. The number of benzene rings is 1. The zero-order valence-electron chi connectivity index (χ0n) is 29.2. The first-order chi connectivity index (χ1) is 22.8. The van der Waals surface area contributed by atoms with Crippen molar-refractivity contribution in [3.63, 3.8) is 0 Å². The van der Waals surface area contributed by atoms with Crippen LogP contribution in [0.2, 0.25) is 0 Å². The van der Waals surface area contributed by atoms with Crippen LogP contribution in [0.3, 0.4) is 0 Å². The molecule has 1 aliphatic carbocycles. The van der Waals surface area contributed by atoms with E-state index in [9.17, 15) is 19.2 Å². The third-order valence-electron chi connectivity index (χ3n) is 10.7. The van der Waals surface area contributed by atoms with Gasteiger partial charge in [0, 0.05) is 61.2 Å². The Morgan fingerprint density at radius 2 is 1.75 bits per heavy atom. The Kier molecular flexibility index (Phi) is 9.17. The number of amides is 3. The molecule has 11 nitrogen and oxygen atoms in total. The number of aromatic nitrogens is 4. The SMILES string of the molecule is CC(=O)c1nn2c3c(cc(-c4cnc(C)nc4)cc13)CCCCCCC(=O)NC[C@@]13C[C@@H](C(=O)NCCC(C)(C)C)N(C(=O)C2)C1C3C. The van der Waals surface area contributed by atoms with Gasteiger partial charge in [0.05, 0.1) is 5.52 Å². The summed E-state index contributed by atoms with van der Waals surface area (Å²) in [6, 6.07) is 3.24. The van der Waals surface area contributed by atoms with Gasteiger partial charge in [0.15, 0.2) is 5.78 Å². The van der Waals surface area contributed by atoms with Crippen LogP contribution in [0.5, 0.6) is 0 Å². The second-order valence-corrected chi connectivity index (χ2v) is 15.4. The zero-order valence-corrected chi connectivity index (χ0v) is 29.2. The van der Waals surface area contributed by atoms with Crippen molar-refractivity contribution in [2.45, 2.75) is 112 Å². The molecule has 11 heteroatoms. The summed E-state index contributed by atoms with van der Waals surface area (Å²) in [7, 11) is 0. The zero-order chi connectivity index (χ0) is 34.4. The van der Waals surface area contributed by atoms with Gasteiger partial charge >= 0.3 is 0 Å². The smallest absolute Gasteiger partial charge is 0.245 e. The number of hydrogen-bond donors (Lipinski definition) is 2. The van der Waals surface area contributed by atoms with Crippen molar-refractivity contribution in [1.29, 1.82) is 0 Å². The number of aryl methyl sites for hydroxylation is 2. The minimum absolute atomic E-state index is 0.0223. The first-order valence-corrected chi connectivity index (χ1v) is 17.5. The summed E-state index contributed by atoms with van der Waals surface area (Å²) in [5, 5.41) is 11.7. The van der Waals surface area contributed by atoms with Gasteiger partial charge < -0.3 is 15.5 Å². The molecule has 2 N–H and O–H groups in total. The van der Waals surface area contributed by atoms with Crippen molar-refractivity contribution in [1.82, 2.24) is 35.3 Å². The largest absolute Gasteiger partial charge is 0.355 e. The third-order valence-corrected chi connectivity index (χ3v) is 10.7. The summed E-state index contributed by atoms with van der Waals surface area (Å²) in [6.45, 7) is 12.7. The molecule has 2 fully saturated rings. The van der Waals surface area contributed by atoms with E-state index in [4.69, 9.17) is 5.10 Å². The molecule has 2 unspecified atom stereocenters. The molecule has 1 saturated carbocycles. The molecule has 1 saturated heterocycles. The van der Waals surface area contributed by atoms with E-state index < -0.39 is 6.04 Å². The van der Waals surface area contributed by atoms with Crippen LogP contribution in [0.1, 0.15) is 101 Å². The molecule has 0 spiro atoms. The fourth-order valence-corrected chi connectivity index (χ4v) is 7.91. The molecule has 4 heterocycles. The number of ketones is 1. The number of Topliss-reactive ketones (excluding diaryl/α,β-unsaturated/α-hetero) is 1. The lowest BCUT2D eigenvalue weighted by Gasteiger charge is -2.29. The Bertz CT molecular complexity index is 1740. The second kappa shape index (κ2) is 13.0. The lowest BCUT2D eigenvalue weighted by atomic mass is 9.92. The van der Waals surface area contributed by atoms with Crippen LogP contribution < -0.4 is 10.6 Å². The van der Waals surface area contributed by atoms with Crippen LogP contribution in [0, 0.1) is 23.7 Å². The number of piperidine rings is 1. The molecule has 1 aromatic carbocycles. The van der Waals surface area contributed by atoms with Gasteiger partial charge in [-0.2, -0.15) is 5.10 Å². The van der Waals surface area contributed by atoms with E-state index in [1.54, 1.807) is 22.0 Å². The molecular weight excluding hydrogens is 606 g/mol. The van der Waals surface area contributed by atoms with E-state index in [-0.39, 0.29) is 52.8 Å². The number of carbonyl (C=O) groups is 4. The number of carbonyl (C=O) groups excluding carboxylic acids is 4. The fourth-order valence-electron chi connectivity index (χ4n) is 7.91. The normalized spacial score (nSPS) is 25.0. The maximum Gasteiger partial charge on any atom is 0.245 e. The third kappa shape index (κ3) is 6.60. The summed E-state index contributed by atoms with van der Waals surface area (Å²) in [6.07, 6.45) is 9.59. The standard InChI is InChI=1S/C37H49N7O4/c1-22-34-37(22)17-29(35(48)38-14-13-36(4,5)6)44(34)31(47)20-43-33-25(11-9-7-8-10-12-30(46)41-21-37)15-26(27-18-39-24(3)40-19-27)16-28(33)32(42-43)23(2)45/h15-16,18-19,22,29,34H,7-14,17,20-21H2,1-6H3,(H,38,48)(H,41,46)/t22?,29-,34?,37+/m0/s1. The molecular formula is C37H49N7O4. The van der Waals surface area contributed by atoms with Crippen LogP contribution in [0.25, 0.3) is 22.0 Å². The van der Waals surface area contributed by atoms with E-state index in [0.29, 0.717) is 49.3 Å².